The van der Waals surface area contributed by atoms with Crippen LogP contribution in [0.1, 0.15) is 18.9 Å². The Kier molecular flexibility index (Phi) is 7.59. The molecule has 166 valence electrons. The van der Waals surface area contributed by atoms with E-state index in [4.69, 9.17) is 16.3 Å². The molecule has 1 heterocycles. The minimum atomic E-state index is -0.938. The fourth-order valence-electron chi connectivity index (χ4n) is 3.39. The quantitative estimate of drug-likeness (QED) is 0.540. The highest BCUT2D eigenvalue weighted by molar-refractivity contribution is 6.30. The number of amides is 3. The molecule has 0 unspecified atom stereocenters. The van der Waals surface area contributed by atoms with Crippen molar-refractivity contribution in [3.05, 3.63) is 53.1 Å². The Morgan fingerprint density at radius 2 is 1.90 bits per heavy atom. The molecule has 1 saturated heterocycles. The zero-order valence-corrected chi connectivity index (χ0v) is 18.0. The Labute approximate surface area is 186 Å². The first-order valence-corrected chi connectivity index (χ1v) is 10.4. The summed E-state index contributed by atoms with van der Waals surface area (Å²) in [6.07, 6.45) is -0.140. The van der Waals surface area contributed by atoms with E-state index in [-0.39, 0.29) is 36.6 Å². The van der Waals surface area contributed by atoms with E-state index >= 15 is 0 Å². The number of phenolic OH excluding ortho intramolecular Hbond substituents is 1. The van der Waals surface area contributed by atoms with Crippen molar-refractivity contribution in [2.24, 2.45) is 0 Å². The van der Waals surface area contributed by atoms with Crippen LogP contribution < -0.4 is 10.1 Å². The molecule has 2 aromatic rings. The van der Waals surface area contributed by atoms with Gasteiger partial charge >= 0.3 is 6.03 Å². The molecule has 0 aliphatic carbocycles. The van der Waals surface area contributed by atoms with Gasteiger partial charge in [-0.1, -0.05) is 23.7 Å². The molecule has 0 aromatic heterocycles. The van der Waals surface area contributed by atoms with E-state index in [0.717, 1.165) is 12.0 Å². The zero-order chi connectivity index (χ0) is 22.4. The molecule has 8 nitrogen and oxygen atoms in total. The SMILES string of the molecule is CC(=O)Nc1ccc(O)cc1OC[C@@H](O)CN1CCCN(Cc2ccc(Cl)cc2)C1=O. The van der Waals surface area contributed by atoms with Crippen molar-refractivity contribution in [2.75, 3.05) is 31.6 Å². The van der Waals surface area contributed by atoms with E-state index < -0.39 is 6.10 Å². The van der Waals surface area contributed by atoms with Gasteiger partial charge in [0.2, 0.25) is 5.91 Å². The lowest BCUT2D eigenvalue weighted by Crippen LogP contribution is -2.51. The third-order valence-corrected chi connectivity index (χ3v) is 5.07. The number of carbonyl (C=O) groups excluding carboxylic acids is 2. The number of aliphatic hydroxyl groups excluding tert-OH is 1. The smallest absolute Gasteiger partial charge is 0.320 e. The Morgan fingerprint density at radius 1 is 1.19 bits per heavy atom. The van der Waals surface area contributed by atoms with Crippen LogP contribution in [0.3, 0.4) is 0 Å². The monoisotopic (exact) mass is 447 g/mol. The number of aliphatic hydroxyl groups is 1. The number of β-amino-alcohol motifs (C(OH)–C–C–N with tert-alkyl or cyclic N) is 1. The summed E-state index contributed by atoms with van der Waals surface area (Å²) >= 11 is 5.92. The van der Waals surface area contributed by atoms with Gasteiger partial charge in [-0.15, -0.1) is 0 Å². The summed E-state index contributed by atoms with van der Waals surface area (Å²) in [6.45, 7) is 3.05. The number of hydrogen-bond donors (Lipinski definition) is 3. The van der Waals surface area contributed by atoms with Crippen molar-refractivity contribution >= 4 is 29.2 Å². The summed E-state index contributed by atoms with van der Waals surface area (Å²) in [7, 11) is 0. The molecule has 0 spiro atoms. The number of hydrogen-bond acceptors (Lipinski definition) is 5. The average molecular weight is 448 g/mol. The number of nitrogens with zero attached hydrogens (tertiary/aromatic N) is 2. The highest BCUT2D eigenvalue weighted by atomic mass is 35.5. The summed E-state index contributed by atoms with van der Waals surface area (Å²) in [5.74, 6) is -0.0676. The molecule has 0 saturated carbocycles. The lowest BCUT2D eigenvalue weighted by molar-refractivity contribution is -0.114. The largest absolute Gasteiger partial charge is 0.508 e. The average Bonchev–Trinajstić information content (AvgIpc) is 2.72. The molecule has 1 aliphatic heterocycles. The lowest BCUT2D eigenvalue weighted by atomic mass is 10.2. The van der Waals surface area contributed by atoms with Crippen molar-refractivity contribution in [2.45, 2.75) is 26.0 Å². The van der Waals surface area contributed by atoms with Crippen LogP contribution >= 0.6 is 11.6 Å². The Balaban J connectivity index is 1.56. The van der Waals surface area contributed by atoms with Crippen molar-refractivity contribution in [3.63, 3.8) is 0 Å². The molecule has 0 bridgehead atoms. The molecule has 1 fully saturated rings. The van der Waals surface area contributed by atoms with Gasteiger partial charge in [-0.05, 0) is 36.2 Å². The molecular weight excluding hydrogens is 422 g/mol. The van der Waals surface area contributed by atoms with Crippen molar-refractivity contribution in [1.82, 2.24) is 9.80 Å². The first-order chi connectivity index (χ1) is 14.8. The van der Waals surface area contributed by atoms with E-state index in [1.54, 1.807) is 21.9 Å². The number of phenols is 1. The van der Waals surface area contributed by atoms with Gasteiger partial charge in [0.1, 0.15) is 24.2 Å². The number of ether oxygens (including phenoxy) is 1. The van der Waals surface area contributed by atoms with E-state index in [1.807, 2.05) is 12.1 Å². The van der Waals surface area contributed by atoms with Crippen LogP contribution in [0.2, 0.25) is 5.02 Å². The minimum Gasteiger partial charge on any atom is -0.508 e. The molecule has 3 N–H and O–H groups in total. The second-order valence-electron chi connectivity index (χ2n) is 7.46. The first kappa shape index (κ1) is 22.7. The standard InChI is InChI=1S/C22H26ClN3O5/c1-15(27)24-20-8-7-18(28)11-21(20)31-14-19(29)13-26-10-2-9-25(22(26)30)12-16-3-5-17(23)6-4-16/h3-8,11,19,28-29H,2,9-10,12-14H2,1H3,(H,24,27)/t19-/m0/s1. The van der Waals surface area contributed by atoms with Gasteiger partial charge in [0.25, 0.3) is 0 Å². The summed E-state index contributed by atoms with van der Waals surface area (Å²) < 4.78 is 5.60. The van der Waals surface area contributed by atoms with Gasteiger partial charge in [-0.3, -0.25) is 4.79 Å². The van der Waals surface area contributed by atoms with Gasteiger partial charge in [0.15, 0.2) is 0 Å². The molecule has 2 aromatic carbocycles. The Hall–Kier alpha value is -2.97. The molecule has 9 heteroatoms. The predicted octanol–water partition coefficient (Wildman–Crippen LogP) is 3.07. The molecule has 1 aliphatic rings. The van der Waals surface area contributed by atoms with E-state index in [9.17, 15) is 19.8 Å². The summed E-state index contributed by atoms with van der Waals surface area (Å²) in [4.78, 5) is 27.5. The third-order valence-electron chi connectivity index (χ3n) is 4.82. The maximum atomic E-state index is 12.8. The second-order valence-corrected chi connectivity index (χ2v) is 7.89. The van der Waals surface area contributed by atoms with Crippen molar-refractivity contribution in [3.8, 4) is 11.5 Å². The van der Waals surface area contributed by atoms with Crippen LogP contribution in [0, 0.1) is 0 Å². The number of nitrogens with one attached hydrogen (secondary N) is 1. The topological polar surface area (TPSA) is 102 Å². The maximum Gasteiger partial charge on any atom is 0.320 e. The van der Waals surface area contributed by atoms with Crippen molar-refractivity contribution < 1.29 is 24.5 Å². The molecule has 3 rings (SSSR count). The molecule has 31 heavy (non-hydrogen) atoms. The Bertz CT molecular complexity index is 922. The molecular formula is C22H26ClN3O5. The van der Waals surface area contributed by atoms with Crippen LogP contribution in [0.25, 0.3) is 0 Å². The van der Waals surface area contributed by atoms with Crippen LogP contribution in [-0.2, 0) is 11.3 Å². The van der Waals surface area contributed by atoms with Crippen LogP contribution in [0.5, 0.6) is 11.5 Å². The number of aromatic hydroxyl groups is 1. The highest BCUT2D eigenvalue weighted by Gasteiger charge is 2.27. The number of halogens is 1. The lowest BCUT2D eigenvalue weighted by Gasteiger charge is -2.36. The second kappa shape index (κ2) is 10.4. The summed E-state index contributed by atoms with van der Waals surface area (Å²) in [5.41, 5.74) is 1.37. The number of urea groups is 1. The van der Waals surface area contributed by atoms with E-state index in [1.165, 1.54) is 25.1 Å². The van der Waals surface area contributed by atoms with Crippen LogP contribution in [-0.4, -0.2) is 64.3 Å². The zero-order valence-electron chi connectivity index (χ0n) is 17.3. The maximum absolute atomic E-state index is 12.8. The number of carbonyl (C=O) groups is 2. The van der Waals surface area contributed by atoms with Gasteiger partial charge in [-0.25, -0.2) is 4.79 Å². The number of benzene rings is 2. The van der Waals surface area contributed by atoms with Gasteiger partial charge < -0.3 is 30.1 Å². The number of anilines is 1. The number of rotatable bonds is 8. The molecule has 3 amide bonds. The van der Waals surface area contributed by atoms with E-state index in [0.29, 0.717) is 30.3 Å². The molecule has 0 radical (unpaired) electrons. The van der Waals surface area contributed by atoms with Crippen molar-refractivity contribution in [1.29, 1.82) is 0 Å². The van der Waals surface area contributed by atoms with Gasteiger partial charge in [-0.2, -0.15) is 0 Å². The van der Waals surface area contributed by atoms with Gasteiger partial charge in [0, 0.05) is 37.6 Å². The predicted molar refractivity (Wildman–Crippen MR) is 117 cm³/mol. The molecule has 1 atom stereocenters. The Morgan fingerprint density at radius 3 is 2.61 bits per heavy atom. The van der Waals surface area contributed by atoms with Crippen LogP contribution in [0.15, 0.2) is 42.5 Å². The summed E-state index contributed by atoms with van der Waals surface area (Å²) in [5, 5.41) is 23.4. The van der Waals surface area contributed by atoms with Crippen LogP contribution in [0.4, 0.5) is 10.5 Å². The fraction of sp³-hybridized carbons (Fsp3) is 0.364. The minimum absolute atomic E-state index is 0.0253. The fourth-order valence-corrected chi connectivity index (χ4v) is 3.51. The van der Waals surface area contributed by atoms with E-state index in [2.05, 4.69) is 5.32 Å². The highest BCUT2D eigenvalue weighted by Crippen LogP contribution is 2.29. The third kappa shape index (κ3) is 6.50. The normalized spacial score (nSPS) is 15.0. The first-order valence-electron chi connectivity index (χ1n) is 10.0. The summed E-state index contributed by atoms with van der Waals surface area (Å²) in [6, 6.07) is 11.5. The van der Waals surface area contributed by atoms with Gasteiger partial charge in [0.05, 0.1) is 12.2 Å².